The van der Waals surface area contributed by atoms with Gasteiger partial charge in [0.25, 0.3) is 0 Å². The Morgan fingerprint density at radius 2 is 0.706 bits per heavy atom. The molecule has 0 unspecified atom stereocenters. The summed E-state index contributed by atoms with van der Waals surface area (Å²) in [6, 6.07) is 29.2. The highest BCUT2D eigenvalue weighted by Gasteiger charge is 2.08. The van der Waals surface area contributed by atoms with Crippen LogP contribution in [0.25, 0.3) is 0 Å². The van der Waals surface area contributed by atoms with Crippen molar-refractivity contribution in [3.05, 3.63) is 129 Å². The molecule has 4 nitrogen and oxygen atoms in total. The van der Waals surface area contributed by atoms with Crippen LogP contribution in [0, 0.1) is 27.7 Å². The third-order valence-corrected chi connectivity index (χ3v) is 6.46. The van der Waals surface area contributed by atoms with Gasteiger partial charge < -0.3 is 10.6 Å². The number of aryl methyl sites for hydroxylation is 4. The molecular formula is C47H76N2O2. The SMILES string of the molecule is CC.CC.CC.CC.CC.CC(=O)Nc1cc(Cc2ccccc2)c(C)cc1C.CC(=O)Nc1cc(Cc2ccccc2)c(C)cc1C.CCC. The van der Waals surface area contributed by atoms with Crippen molar-refractivity contribution in [2.75, 3.05) is 10.6 Å². The van der Waals surface area contributed by atoms with Crippen LogP contribution in [0.4, 0.5) is 11.4 Å². The lowest BCUT2D eigenvalue weighted by atomic mass is 9.97. The number of amides is 2. The highest BCUT2D eigenvalue weighted by atomic mass is 16.2. The number of hydrogen-bond donors (Lipinski definition) is 2. The third-order valence-electron chi connectivity index (χ3n) is 6.46. The summed E-state index contributed by atoms with van der Waals surface area (Å²) in [5.41, 5.74) is 11.6. The number of carbonyl (C=O) groups excluding carboxylic acids is 2. The molecule has 286 valence electrons. The number of hydrogen-bond acceptors (Lipinski definition) is 2. The number of carbonyl (C=O) groups is 2. The maximum atomic E-state index is 11.2. The van der Waals surface area contributed by atoms with E-state index in [0.717, 1.165) is 35.3 Å². The number of anilines is 2. The average Bonchev–Trinajstić information content (AvgIpc) is 3.14. The first-order valence-corrected chi connectivity index (χ1v) is 19.4. The predicted octanol–water partition coefficient (Wildman–Crippen LogP) is 14.3. The molecule has 0 atom stereocenters. The second-order valence-corrected chi connectivity index (χ2v) is 10.6. The zero-order valence-electron chi connectivity index (χ0n) is 36.0. The lowest BCUT2D eigenvalue weighted by molar-refractivity contribution is -0.115. The molecule has 0 saturated carbocycles. The Labute approximate surface area is 315 Å². The highest BCUT2D eigenvalue weighted by molar-refractivity contribution is 5.90. The van der Waals surface area contributed by atoms with Crippen LogP contribution in [0.5, 0.6) is 0 Å². The number of benzene rings is 4. The van der Waals surface area contributed by atoms with Crippen LogP contribution in [-0.2, 0) is 22.4 Å². The summed E-state index contributed by atoms with van der Waals surface area (Å²) in [4.78, 5) is 22.4. The van der Waals surface area contributed by atoms with E-state index in [0.29, 0.717) is 0 Å². The number of rotatable bonds is 6. The van der Waals surface area contributed by atoms with Gasteiger partial charge >= 0.3 is 0 Å². The van der Waals surface area contributed by atoms with Crippen LogP contribution >= 0.6 is 0 Å². The Bertz CT molecular complexity index is 1300. The molecule has 0 bridgehead atoms. The van der Waals surface area contributed by atoms with Gasteiger partial charge in [-0.15, -0.1) is 0 Å². The first kappa shape index (κ1) is 53.6. The second-order valence-electron chi connectivity index (χ2n) is 10.6. The van der Waals surface area contributed by atoms with E-state index in [9.17, 15) is 9.59 Å². The normalized spacial score (nSPS) is 8.59. The van der Waals surface area contributed by atoms with Crippen LogP contribution in [0.3, 0.4) is 0 Å². The topological polar surface area (TPSA) is 58.2 Å². The summed E-state index contributed by atoms with van der Waals surface area (Å²) in [7, 11) is 0. The quantitative estimate of drug-likeness (QED) is 0.210. The molecule has 0 fully saturated rings. The van der Waals surface area contributed by atoms with E-state index >= 15 is 0 Å². The smallest absolute Gasteiger partial charge is 0.221 e. The molecular weight excluding hydrogens is 625 g/mol. The van der Waals surface area contributed by atoms with Crippen molar-refractivity contribution in [2.24, 2.45) is 0 Å². The highest BCUT2D eigenvalue weighted by Crippen LogP contribution is 2.24. The standard InChI is InChI=1S/2C17H19NO.C3H8.5C2H6/c2*1-12-9-13(2)17(18-14(3)19)11-16(12)10-15-7-5-4-6-8-15;1-3-2;5*1-2/h2*4-9,11H,10H2,1-3H3,(H,18,19);3H2,1-2H3;5*1-2H3. The van der Waals surface area contributed by atoms with Crippen molar-refractivity contribution >= 4 is 23.2 Å². The predicted molar refractivity (Wildman–Crippen MR) is 232 cm³/mol. The molecule has 0 heterocycles. The Morgan fingerprint density at radius 3 is 0.941 bits per heavy atom. The maximum Gasteiger partial charge on any atom is 0.221 e. The molecule has 4 aromatic carbocycles. The second kappa shape index (κ2) is 35.6. The monoisotopic (exact) mass is 701 g/mol. The van der Waals surface area contributed by atoms with Crippen molar-refractivity contribution in [1.82, 2.24) is 0 Å². The minimum atomic E-state index is -0.0300. The summed E-state index contributed by atoms with van der Waals surface area (Å²) >= 11 is 0. The molecule has 0 aromatic heterocycles. The van der Waals surface area contributed by atoms with E-state index in [-0.39, 0.29) is 11.8 Å². The zero-order chi connectivity index (χ0) is 40.4. The van der Waals surface area contributed by atoms with E-state index < -0.39 is 0 Å². The number of nitrogens with one attached hydrogen (secondary N) is 2. The van der Waals surface area contributed by atoms with E-state index in [4.69, 9.17) is 0 Å². The molecule has 2 N–H and O–H groups in total. The molecule has 0 saturated heterocycles. The van der Waals surface area contributed by atoms with E-state index in [1.54, 1.807) is 0 Å². The Kier molecular flexibility index (Phi) is 37.5. The first-order valence-electron chi connectivity index (χ1n) is 19.4. The molecule has 0 spiro atoms. The Morgan fingerprint density at radius 1 is 0.451 bits per heavy atom. The summed E-state index contributed by atoms with van der Waals surface area (Å²) in [6.45, 7) is 35.6. The van der Waals surface area contributed by atoms with Gasteiger partial charge in [0.1, 0.15) is 0 Å². The first-order chi connectivity index (χ1) is 24.5. The van der Waals surface area contributed by atoms with E-state index in [2.05, 4.69) is 86.9 Å². The van der Waals surface area contributed by atoms with Crippen molar-refractivity contribution in [1.29, 1.82) is 0 Å². The minimum Gasteiger partial charge on any atom is -0.326 e. The maximum absolute atomic E-state index is 11.2. The molecule has 2 amide bonds. The Hall–Kier alpha value is -4.18. The summed E-state index contributed by atoms with van der Waals surface area (Å²) in [5.74, 6) is -0.0600. The van der Waals surface area contributed by atoms with Gasteiger partial charge in [0, 0.05) is 25.2 Å². The minimum absolute atomic E-state index is 0.0300. The fraction of sp³-hybridized carbons (Fsp3) is 0.447. The summed E-state index contributed by atoms with van der Waals surface area (Å²) < 4.78 is 0. The van der Waals surface area contributed by atoms with Crippen LogP contribution in [0.1, 0.15) is 148 Å². The largest absolute Gasteiger partial charge is 0.326 e. The molecule has 0 aliphatic heterocycles. The summed E-state index contributed by atoms with van der Waals surface area (Å²) in [6.07, 6.45) is 3.03. The third kappa shape index (κ3) is 24.6. The van der Waals surface area contributed by atoms with Gasteiger partial charge in [-0.05, 0) is 97.2 Å². The lowest BCUT2D eigenvalue weighted by Gasteiger charge is -2.13. The molecule has 4 rings (SSSR count). The van der Waals surface area contributed by atoms with Gasteiger partial charge in [-0.1, -0.05) is 162 Å². The van der Waals surface area contributed by atoms with Crippen LogP contribution < -0.4 is 10.6 Å². The van der Waals surface area contributed by atoms with Crippen LogP contribution in [0.15, 0.2) is 84.9 Å². The molecule has 0 aliphatic rings. The average molecular weight is 701 g/mol. The molecule has 4 heteroatoms. The zero-order valence-corrected chi connectivity index (χ0v) is 36.0. The van der Waals surface area contributed by atoms with Crippen molar-refractivity contribution in [3.63, 3.8) is 0 Å². The van der Waals surface area contributed by atoms with Crippen molar-refractivity contribution in [2.45, 2.75) is 144 Å². The van der Waals surface area contributed by atoms with Gasteiger partial charge in [0.15, 0.2) is 0 Å². The van der Waals surface area contributed by atoms with Crippen LogP contribution in [-0.4, -0.2) is 11.8 Å². The van der Waals surface area contributed by atoms with Gasteiger partial charge in [0.05, 0.1) is 0 Å². The van der Waals surface area contributed by atoms with Crippen molar-refractivity contribution in [3.8, 4) is 0 Å². The summed E-state index contributed by atoms with van der Waals surface area (Å²) in [5, 5.41) is 5.78. The fourth-order valence-electron chi connectivity index (χ4n) is 4.46. The van der Waals surface area contributed by atoms with Crippen molar-refractivity contribution < 1.29 is 9.59 Å². The Balaban J connectivity index is -0.000000328. The van der Waals surface area contributed by atoms with E-state index in [1.165, 1.54) is 53.6 Å². The van der Waals surface area contributed by atoms with Gasteiger partial charge in [-0.3, -0.25) is 9.59 Å². The van der Waals surface area contributed by atoms with Gasteiger partial charge in [-0.25, -0.2) is 0 Å². The molecule has 51 heavy (non-hydrogen) atoms. The van der Waals surface area contributed by atoms with Crippen LogP contribution in [0.2, 0.25) is 0 Å². The fourth-order valence-corrected chi connectivity index (χ4v) is 4.46. The molecule has 0 aliphatic carbocycles. The van der Waals surface area contributed by atoms with E-state index in [1.807, 2.05) is 119 Å². The molecule has 4 aromatic rings. The molecule has 0 radical (unpaired) electrons. The van der Waals surface area contributed by atoms with Gasteiger partial charge in [0.2, 0.25) is 11.8 Å². The lowest BCUT2D eigenvalue weighted by Crippen LogP contribution is -2.08. The van der Waals surface area contributed by atoms with Gasteiger partial charge in [-0.2, -0.15) is 0 Å².